The number of nitrogens with zero attached hydrogens (tertiary/aromatic N) is 1. The molecule has 4 nitrogen and oxygen atoms in total. The molecule has 0 amide bonds. The first-order valence-electron chi connectivity index (χ1n) is 7.26. The van der Waals surface area contributed by atoms with Crippen molar-refractivity contribution in [3.63, 3.8) is 0 Å². The predicted molar refractivity (Wildman–Crippen MR) is 85.4 cm³/mol. The summed E-state index contributed by atoms with van der Waals surface area (Å²) in [6.45, 7) is 0.562. The largest absolute Gasteiger partial charge is 0.477 e. The molecule has 2 aromatic heterocycles. The van der Waals surface area contributed by atoms with Crippen molar-refractivity contribution in [2.75, 3.05) is 6.61 Å². The van der Waals surface area contributed by atoms with Gasteiger partial charge in [-0.25, -0.2) is 4.98 Å². The molecule has 5 heteroatoms. The van der Waals surface area contributed by atoms with Crippen molar-refractivity contribution in [1.29, 1.82) is 5.41 Å². The molecule has 21 heavy (non-hydrogen) atoms. The Morgan fingerprint density at radius 3 is 3.00 bits per heavy atom. The Hall–Kier alpha value is -1.88. The maximum absolute atomic E-state index is 7.73. The van der Waals surface area contributed by atoms with E-state index in [1.54, 1.807) is 11.3 Å². The molecule has 0 spiro atoms. The molecule has 0 saturated carbocycles. The number of pyridine rings is 1. The van der Waals surface area contributed by atoms with Gasteiger partial charge in [-0.15, -0.1) is 11.3 Å². The van der Waals surface area contributed by atoms with Crippen molar-refractivity contribution in [1.82, 2.24) is 4.98 Å². The zero-order valence-corrected chi connectivity index (χ0v) is 12.7. The molecule has 0 radical (unpaired) electrons. The predicted octanol–water partition coefficient (Wildman–Crippen LogP) is 2.93. The highest BCUT2D eigenvalue weighted by molar-refractivity contribution is 7.09. The van der Waals surface area contributed by atoms with Gasteiger partial charge in [0.2, 0.25) is 5.88 Å². The molecular formula is C16H19N3OS. The number of nitrogens with two attached hydrogens (primary N) is 1. The van der Waals surface area contributed by atoms with E-state index in [1.807, 2.05) is 12.1 Å². The molecule has 0 aromatic carbocycles. The van der Waals surface area contributed by atoms with Crippen LogP contribution >= 0.6 is 11.3 Å². The topological polar surface area (TPSA) is 72.0 Å². The fourth-order valence-electron chi connectivity index (χ4n) is 2.62. The van der Waals surface area contributed by atoms with Gasteiger partial charge in [0, 0.05) is 17.0 Å². The normalized spacial score (nSPS) is 13.7. The standard InChI is InChI=1S/C16H19N3OS/c17-15(18)13-10-11-4-1-2-6-14(11)19-16(13)20-8-7-12-5-3-9-21-12/h3,5,9-10H,1-2,4,6-8H2,(H3,17,18). The second-order valence-corrected chi connectivity index (χ2v) is 6.28. The number of fused-ring (bicyclic) bond motifs is 1. The molecule has 0 fully saturated rings. The van der Waals surface area contributed by atoms with Crippen molar-refractivity contribution in [2.24, 2.45) is 5.73 Å². The van der Waals surface area contributed by atoms with Gasteiger partial charge in [-0.2, -0.15) is 0 Å². The second-order valence-electron chi connectivity index (χ2n) is 5.25. The summed E-state index contributed by atoms with van der Waals surface area (Å²) in [4.78, 5) is 5.90. The molecule has 0 atom stereocenters. The van der Waals surface area contributed by atoms with Gasteiger partial charge in [-0.3, -0.25) is 5.41 Å². The van der Waals surface area contributed by atoms with Crippen LogP contribution in [0.5, 0.6) is 5.88 Å². The molecule has 0 aliphatic heterocycles. The van der Waals surface area contributed by atoms with Crippen LogP contribution in [0.2, 0.25) is 0 Å². The number of hydrogen-bond donors (Lipinski definition) is 2. The number of thiophene rings is 1. The molecule has 0 unspecified atom stereocenters. The van der Waals surface area contributed by atoms with Crippen molar-refractivity contribution in [3.8, 4) is 5.88 Å². The fourth-order valence-corrected chi connectivity index (χ4v) is 3.31. The summed E-state index contributed by atoms with van der Waals surface area (Å²) >= 11 is 1.72. The molecule has 3 rings (SSSR count). The first kappa shape index (κ1) is 14.1. The molecule has 0 bridgehead atoms. The maximum Gasteiger partial charge on any atom is 0.224 e. The highest BCUT2D eigenvalue weighted by Gasteiger charge is 2.17. The maximum atomic E-state index is 7.73. The average molecular weight is 301 g/mol. The number of nitrogen functional groups attached to an aromatic ring is 1. The number of hydrogen-bond acceptors (Lipinski definition) is 4. The van der Waals surface area contributed by atoms with E-state index in [0.29, 0.717) is 18.1 Å². The van der Waals surface area contributed by atoms with Crippen LogP contribution in [0.4, 0.5) is 0 Å². The van der Waals surface area contributed by atoms with E-state index in [9.17, 15) is 0 Å². The minimum absolute atomic E-state index is 0.0296. The highest BCUT2D eigenvalue weighted by atomic mass is 32.1. The van der Waals surface area contributed by atoms with Crippen molar-refractivity contribution >= 4 is 17.2 Å². The van der Waals surface area contributed by atoms with Gasteiger partial charge in [-0.1, -0.05) is 6.07 Å². The lowest BCUT2D eigenvalue weighted by Crippen LogP contribution is -2.18. The van der Waals surface area contributed by atoms with Gasteiger partial charge in [0.25, 0.3) is 0 Å². The summed E-state index contributed by atoms with van der Waals surface area (Å²) in [5.74, 6) is 0.543. The lowest BCUT2D eigenvalue weighted by atomic mass is 9.95. The number of nitrogens with one attached hydrogen (secondary N) is 1. The van der Waals surface area contributed by atoms with E-state index in [1.165, 1.54) is 23.3 Å². The molecule has 0 saturated heterocycles. The quantitative estimate of drug-likeness (QED) is 0.659. The van der Waals surface area contributed by atoms with E-state index < -0.39 is 0 Å². The number of aromatic nitrogens is 1. The third-order valence-electron chi connectivity index (χ3n) is 3.72. The van der Waals surface area contributed by atoms with Crippen molar-refractivity contribution in [3.05, 3.63) is 45.3 Å². The number of amidine groups is 1. The van der Waals surface area contributed by atoms with Crippen LogP contribution in [0.25, 0.3) is 0 Å². The van der Waals surface area contributed by atoms with Gasteiger partial charge in [0.1, 0.15) is 5.84 Å². The van der Waals surface area contributed by atoms with Crippen molar-refractivity contribution in [2.45, 2.75) is 32.1 Å². The molecule has 1 aliphatic rings. The Bertz CT molecular complexity index is 637. The van der Waals surface area contributed by atoms with Crippen LogP contribution in [0.3, 0.4) is 0 Å². The van der Waals surface area contributed by atoms with Crippen LogP contribution in [0.1, 0.15) is 34.5 Å². The first-order chi connectivity index (χ1) is 10.2. The third-order valence-corrected chi connectivity index (χ3v) is 4.66. The Balaban J connectivity index is 1.77. The molecular weight excluding hydrogens is 282 g/mol. The second kappa shape index (κ2) is 6.26. The lowest BCUT2D eigenvalue weighted by Gasteiger charge is -2.18. The summed E-state index contributed by atoms with van der Waals surface area (Å²) < 4.78 is 5.81. The van der Waals surface area contributed by atoms with Crippen LogP contribution in [0, 0.1) is 5.41 Å². The van der Waals surface area contributed by atoms with E-state index in [2.05, 4.69) is 16.4 Å². The fraction of sp³-hybridized carbons (Fsp3) is 0.375. The van der Waals surface area contributed by atoms with Gasteiger partial charge >= 0.3 is 0 Å². The number of aryl methyl sites for hydroxylation is 2. The summed E-state index contributed by atoms with van der Waals surface area (Å²) in [6, 6.07) is 6.13. The Kier molecular flexibility index (Phi) is 4.20. The zero-order valence-electron chi connectivity index (χ0n) is 11.9. The SMILES string of the molecule is N=C(N)c1cc2c(nc1OCCc1cccs1)CCCC2. The molecule has 3 N–H and O–H groups in total. The first-order valence-corrected chi connectivity index (χ1v) is 8.14. The van der Waals surface area contributed by atoms with E-state index in [-0.39, 0.29) is 5.84 Å². The van der Waals surface area contributed by atoms with Gasteiger partial charge in [0.15, 0.2) is 0 Å². The van der Waals surface area contributed by atoms with E-state index in [4.69, 9.17) is 15.9 Å². The van der Waals surface area contributed by atoms with Gasteiger partial charge < -0.3 is 10.5 Å². The molecule has 1 aliphatic carbocycles. The summed E-state index contributed by atoms with van der Waals surface area (Å²) in [5, 5.41) is 9.79. The van der Waals surface area contributed by atoms with E-state index >= 15 is 0 Å². The van der Waals surface area contributed by atoms with Gasteiger partial charge in [-0.05, 0) is 48.8 Å². The minimum atomic E-state index is 0.0296. The third kappa shape index (κ3) is 3.24. The molecule has 2 heterocycles. The van der Waals surface area contributed by atoms with Crippen LogP contribution in [-0.2, 0) is 19.3 Å². The number of ether oxygens (including phenoxy) is 1. The van der Waals surface area contributed by atoms with Crippen LogP contribution in [0.15, 0.2) is 23.6 Å². The molecule has 110 valence electrons. The average Bonchev–Trinajstić information content (AvgIpc) is 2.99. The lowest BCUT2D eigenvalue weighted by molar-refractivity contribution is 0.308. The molecule has 2 aromatic rings. The summed E-state index contributed by atoms with van der Waals surface area (Å²) in [7, 11) is 0. The Morgan fingerprint density at radius 2 is 2.24 bits per heavy atom. The van der Waals surface area contributed by atoms with Crippen LogP contribution < -0.4 is 10.5 Å². The monoisotopic (exact) mass is 301 g/mol. The zero-order chi connectivity index (χ0) is 14.7. The Morgan fingerprint density at radius 1 is 1.38 bits per heavy atom. The minimum Gasteiger partial charge on any atom is -0.477 e. The highest BCUT2D eigenvalue weighted by Crippen LogP contribution is 2.26. The van der Waals surface area contributed by atoms with E-state index in [0.717, 1.165) is 25.0 Å². The summed E-state index contributed by atoms with van der Waals surface area (Å²) in [6.07, 6.45) is 5.24. The smallest absolute Gasteiger partial charge is 0.224 e. The van der Waals surface area contributed by atoms with Crippen LogP contribution in [-0.4, -0.2) is 17.4 Å². The Labute approximate surface area is 128 Å². The van der Waals surface area contributed by atoms with Gasteiger partial charge in [0.05, 0.1) is 12.2 Å². The summed E-state index contributed by atoms with van der Waals surface area (Å²) in [5.41, 5.74) is 8.63. The number of rotatable bonds is 5. The van der Waals surface area contributed by atoms with Crippen molar-refractivity contribution < 1.29 is 4.74 Å².